The molecule has 1 saturated heterocycles. The number of benzene rings is 1. The van der Waals surface area contributed by atoms with E-state index in [0.717, 1.165) is 25.7 Å². The largest absolute Gasteiger partial charge is 0.381 e. The van der Waals surface area contributed by atoms with Gasteiger partial charge in [-0.2, -0.15) is 0 Å². The second-order valence-electron chi connectivity index (χ2n) is 5.57. The van der Waals surface area contributed by atoms with Gasteiger partial charge in [0.05, 0.1) is 0 Å². The Labute approximate surface area is 110 Å². The summed E-state index contributed by atoms with van der Waals surface area (Å²) < 4.78 is 5.42. The van der Waals surface area contributed by atoms with E-state index in [1.165, 1.54) is 49.9 Å². The van der Waals surface area contributed by atoms with Gasteiger partial charge in [-0.1, -0.05) is 12.1 Å². The summed E-state index contributed by atoms with van der Waals surface area (Å²) in [5.74, 6) is 0.891. The molecule has 1 fully saturated rings. The van der Waals surface area contributed by atoms with Gasteiger partial charge in [-0.3, -0.25) is 4.90 Å². The van der Waals surface area contributed by atoms with Crippen molar-refractivity contribution in [1.29, 1.82) is 0 Å². The molecular formula is C16H22NO. The lowest BCUT2D eigenvalue weighted by Gasteiger charge is -2.30. The highest BCUT2D eigenvalue weighted by atomic mass is 16.5. The van der Waals surface area contributed by atoms with Gasteiger partial charge in [0.25, 0.3) is 0 Å². The maximum Gasteiger partial charge on any atom is 0.0468 e. The molecular weight excluding hydrogens is 222 g/mol. The van der Waals surface area contributed by atoms with E-state index < -0.39 is 0 Å². The molecule has 2 nitrogen and oxygen atoms in total. The maximum absolute atomic E-state index is 5.42. The molecule has 1 radical (unpaired) electrons. The van der Waals surface area contributed by atoms with E-state index >= 15 is 0 Å². The van der Waals surface area contributed by atoms with Crippen LogP contribution in [0.3, 0.4) is 0 Å². The number of ether oxygens (including phenoxy) is 1. The molecule has 3 rings (SSSR count). The molecule has 2 heteroatoms. The summed E-state index contributed by atoms with van der Waals surface area (Å²) in [5.41, 5.74) is 3.01. The lowest BCUT2D eigenvalue weighted by atomic mass is 9.95. The van der Waals surface area contributed by atoms with Crippen LogP contribution in [0.15, 0.2) is 18.2 Å². The van der Waals surface area contributed by atoms with Crippen molar-refractivity contribution in [3.05, 3.63) is 35.4 Å². The number of hydrogen-bond donors (Lipinski definition) is 0. The number of nitrogens with zero attached hydrogens (tertiary/aromatic N) is 1. The van der Waals surface area contributed by atoms with Crippen LogP contribution in [0.5, 0.6) is 0 Å². The SMILES string of the molecule is [c]1ccc2c(c1)CN(CCC1CCOCC1)CC2. The van der Waals surface area contributed by atoms with Gasteiger partial charge in [-0.05, 0) is 61.4 Å². The van der Waals surface area contributed by atoms with Crippen LogP contribution in [-0.2, 0) is 17.7 Å². The Morgan fingerprint density at radius 1 is 1.28 bits per heavy atom. The topological polar surface area (TPSA) is 12.5 Å². The molecule has 0 unspecified atom stereocenters. The standard InChI is InChI=1S/C16H22NO/c1-2-4-16-13-17(10-6-15(16)3-1)9-5-14-7-11-18-12-8-14/h1,3-4,14H,5-13H2. The van der Waals surface area contributed by atoms with Crippen LogP contribution in [0.25, 0.3) is 0 Å². The predicted molar refractivity (Wildman–Crippen MR) is 72.4 cm³/mol. The third-order valence-electron chi connectivity index (χ3n) is 4.34. The van der Waals surface area contributed by atoms with Crippen molar-refractivity contribution < 1.29 is 4.74 Å². The molecule has 1 aromatic carbocycles. The number of hydrogen-bond acceptors (Lipinski definition) is 2. The zero-order valence-electron chi connectivity index (χ0n) is 11.0. The van der Waals surface area contributed by atoms with Crippen molar-refractivity contribution in [3.63, 3.8) is 0 Å². The third-order valence-corrected chi connectivity index (χ3v) is 4.34. The van der Waals surface area contributed by atoms with Gasteiger partial charge < -0.3 is 4.74 Å². The molecule has 0 aromatic heterocycles. The summed E-state index contributed by atoms with van der Waals surface area (Å²) in [5, 5.41) is 0. The molecule has 0 N–H and O–H groups in total. The van der Waals surface area contributed by atoms with E-state index in [1.807, 2.05) is 6.07 Å². The van der Waals surface area contributed by atoms with Crippen molar-refractivity contribution in [1.82, 2.24) is 4.90 Å². The van der Waals surface area contributed by atoms with Crippen LogP contribution in [0.4, 0.5) is 0 Å². The van der Waals surface area contributed by atoms with Crippen LogP contribution < -0.4 is 0 Å². The Morgan fingerprint density at radius 3 is 3.06 bits per heavy atom. The maximum atomic E-state index is 5.42. The summed E-state index contributed by atoms with van der Waals surface area (Å²) in [6.45, 7) is 5.54. The van der Waals surface area contributed by atoms with E-state index in [2.05, 4.69) is 23.1 Å². The monoisotopic (exact) mass is 244 g/mol. The fraction of sp³-hybridized carbons (Fsp3) is 0.625. The molecule has 0 aliphatic carbocycles. The minimum Gasteiger partial charge on any atom is -0.381 e. The molecule has 0 atom stereocenters. The Hall–Kier alpha value is -0.860. The van der Waals surface area contributed by atoms with Gasteiger partial charge in [-0.15, -0.1) is 0 Å². The highest BCUT2D eigenvalue weighted by Gasteiger charge is 2.18. The molecule has 18 heavy (non-hydrogen) atoms. The van der Waals surface area contributed by atoms with Crippen LogP contribution in [0, 0.1) is 12.0 Å². The lowest BCUT2D eigenvalue weighted by molar-refractivity contribution is 0.0595. The first kappa shape index (κ1) is 12.2. The molecule has 2 aliphatic rings. The number of rotatable bonds is 3. The smallest absolute Gasteiger partial charge is 0.0468 e. The first-order valence-corrected chi connectivity index (χ1v) is 7.20. The highest BCUT2D eigenvalue weighted by Crippen LogP contribution is 2.22. The van der Waals surface area contributed by atoms with Crippen molar-refractivity contribution >= 4 is 0 Å². The zero-order valence-corrected chi connectivity index (χ0v) is 11.0. The Balaban J connectivity index is 1.50. The van der Waals surface area contributed by atoms with Gasteiger partial charge in [0, 0.05) is 26.3 Å². The predicted octanol–water partition coefficient (Wildman–Crippen LogP) is 2.66. The first-order valence-electron chi connectivity index (χ1n) is 7.20. The zero-order chi connectivity index (χ0) is 12.2. The summed E-state index contributed by atoms with van der Waals surface area (Å²) in [7, 11) is 0. The van der Waals surface area contributed by atoms with Gasteiger partial charge >= 0.3 is 0 Å². The van der Waals surface area contributed by atoms with Crippen molar-refractivity contribution in [2.45, 2.75) is 32.2 Å². The minimum absolute atomic E-state index is 0.891. The fourth-order valence-corrected chi connectivity index (χ4v) is 3.08. The molecule has 0 amide bonds. The van der Waals surface area contributed by atoms with Gasteiger partial charge in [-0.25, -0.2) is 0 Å². The van der Waals surface area contributed by atoms with Gasteiger partial charge in [0.1, 0.15) is 0 Å². The Bertz CT molecular complexity index is 384. The van der Waals surface area contributed by atoms with E-state index in [4.69, 9.17) is 4.74 Å². The quantitative estimate of drug-likeness (QED) is 0.810. The highest BCUT2D eigenvalue weighted by molar-refractivity contribution is 5.28. The molecule has 0 saturated carbocycles. The summed E-state index contributed by atoms with van der Waals surface area (Å²) in [6.07, 6.45) is 5.07. The molecule has 2 aliphatic heterocycles. The first-order chi connectivity index (χ1) is 8.92. The second kappa shape index (κ2) is 5.85. The molecule has 0 spiro atoms. The second-order valence-corrected chi connectivity index (χ2v) is 5.57. The third kappa shape index (κ3) is 2.93. The van der Waals surface area contributed by atoms with Gasteiger partial charge in [0.2, 0.25) is 0 Å². The normalized spacial score (nSPS) is 21.8. The summed E-state index contributed by atoms with van der Waals surface area (Å²) in [4.78, 5) is 2.60. The minimum atomic E-state index is 0.891. The Morgan fingerprint density at radius 2 is 2.17 bits per heavy atom. The van der Waals surface area contributed by atoms with E-state index in [-0.39, 0.29) is 0 Å². The average Bonchev–Trinajstić information content (AvgIpc) is 2.46. The van der Waals surface area contributed by atoms with Crippen LogP contribution >= 0.6 is 0 Å². The van der Waals surface area contributed by atoms with Crippen LogP contribution in [0.1, 0.15) is 30.4 Å². The van der Waals surface area contributed by atoms with Gasteiger partial charge in [0.15, 0.2) is 0 Å². The summed E-state index contributed by atoms with van der Waals surface area (Å²) in [6, 6.07) is 9.63. The van der Waals surface area contributed by atoms with E-state index in [0.29, 0.717) is 0 Å². The van der Waals surface area contributed by atoms with Crippen molar-refractivity contribution in [2.24, 2.45) is 5.92 Å². The molecule has 97 valence electrons. The van der Waals surface area contributed by atoms with E-state index in [1.54, 1.807) is 0 Å². The van der Waals surface area contributed by atoms with E-state index in [9.17, 15) is 0 Å². The van der Waals surface area contributed by atoms with Crippen molar-refractivity contribution in [3.8, 4) is 0 Å². The van der Waals surface area contributed by atoms with Crippen LogP contribution in [-0.4, -0.2) is 31.2 Å². The van der Waals surface area contributed by atoms with Crippen LogP contribution in [0.2, 0.25) is 0 Å². The molecule has 0 bridgehead atoms. The average molecular weight is 244 g/mol. The fourth-order valence-electron chi connectivity index (χ4n) is 3.08. The lowest BCUT2D eigenvalue weighted by Crippen LogP contribution is -2.32. The van der Waals surface area contributed by atoms with Crippen molar-refractivity contribution in [2.75, 3.05) is 26.3 Å². The Kier molecular flexibility index (Phi) is 3.96. The molecule has 1 aromatic rings. The summed E-state index contributed by atoms with van der Waals surface area (Å²) >= 11 is 0. The number of fused-ring (bicyclic) bond motifs is 1. The molecule has 2 heterocycles.